The molecule has 2 aromatic rings. The minimum atomic E-state index is -0.527. The zero-order valence-electron chi connectivity index (χ0n) is 11.5. The summed E-state index contributed by atoms with van der Waals surface area (Å²) in [6, 6.07) is 1.58. The maximum atomic E-state index is 12.1. The number of rotatable bonds is 4. The van der Waals surface area contributed by atoms with Crippen LogP contribution in [0.3, 0.4) is 0 Å². The second-order valence-electron chi connectivity index (χ2n) is 4.05. The quantitative estimate of drug-likeness (QED) is 0.825. The Morgan fingerprint density at radius 3 is 2.65 bits per heavy atom. The number of carbonyl (C=O) groups excluding carboxylic acids is 2. The van der Waals surface area contributed by atoms with Gasteiger partial charge in [-0.2, -0.15) is 10.2 Å². The van der Waals surface area contributed by atoms with Crippen LogP contribution in [-0.4, -0.2) is 38.0 Å². The number of hydrogen-bond acceptors (Lipinski definition) is 5. The number of nitrogens with zero attached hydrogens (tertiary/aromatic N) is 4. The van der Waals surface area contributed by atoms with E-state index in [4.69, 9.17) is 4.74 Å². The molecule has 0 atom stereocenters. The predicted octanol–water partition coefficient (Wildman–Crippen LogP) is 0.583. The number of aromatic nitrogens is 4. The first kappa shape index (κ1) is 13.8. The third kappa shape index (κ3) is 2.53. The molecule has 2 aromatic heterocycles. The molecule has 0 saturated carbocycles. The van der Waals surface area contributed by atoms with Crippen molar-refractivity contribution in [1.82, 2.24) is 19.6 Å². The molecule has 106 valence electrons. The van der Waals surface area contributed by atoms with Crippen molar-refractivity contribution in [3.8, 4) is 0 Å². The van der Waals surface area contributed by atoms with E-state index < -0.39 is 5.97 Å². The smallest absolute Gasteiger partial charge is 0.343 e. The molecule has 0 aliphatic rings. The van der Waals surface area contributed by atoms with Gasteiger partial charge in [0.05, 0.1) is 12.8 Å². The van der Waals surface area contributed by atoms with Crippen molar-refractivity contribution in [2.24, 2.45) is 14.1 Å². The van der Waals surface area contributed by atoms with Crippen LogP contribution in [0.25, 0.3) is 0 Å². The van der Waals surface area contributed by atoms with Gasteiger partial charge >= 0.3 is 5.97 Å². The zero-order valence-corrected chi connectivity index (χ0v) is 11.5. The first-order valence-corrected chi connectivity index (χ1v) is 6.03. The molecular weight excluding hydrogens is 262 g/mol. The molecule has 0 spiro atoms. The van der Waals surface area contributed by atoms with E-state index in [1.54, 1.807) is 27.1 Å². The van der Waals surface area contributed by atoms with E-state index in [1.165, 1.54) is 21.8 Å². The lowest BCUT2D eigenvalue weighted by Gasteiger charge is -2.08. The number of hydrogen-bond donors (Lipinski definition) is 1. The summed E-state index contributed by atoms with van der Waals surface area (Å²) in [5, 5.41) is 10.5. The highest BCUT2D eigenvalue weighted by Crippen LogP contribution is 2.16. The summed E-state index contributed by atoms with van der Waals surface area (Å²) >= 11 is 0. The highest BCUT2D eigenvalue weighted by Gasteiger charge is 2.20. The van der Waals surface area contributed by atoms with Gasteiger partial charge in [-0.05, 0) is 13.0 Å². The number of carbonyl (C=O) groups is 2. The van der Waals surface area contributed by atoms with E-state index in [1.807, 2.05) is 0 Å². The molecule has 2 rings (SSSR count). The van der Waals surface area contributed by atoms with Crippen molar-refractivity contribution in [2.45, 2.75) is 6.92 Å². The Bertz CT molecular complexity index is 643. The molecule has 0 radical (unpaired) electrons. The van der Waals surface area contributed by atoms with Crippen molar-refractivity contribution in [1.29, 1.82) is 0 Å². The summed E-state index contributed by atoms with van der Waals surface area (Å²) < 4.78 is 7.76. The van der Waals surface area contributed by atoms with Crippen molar-refractivity contribution in [3.63, 3.8) is 0 Å². The summed E-state index contributed by atoms with van der Waals surface area (Å²) in [4.78, 5) is 23.9. The molecule has 0 bridgehead atoms. The first-order valence-electron chi connectivity index (χ1n) is 6.03. The molecule has 2 heterocycles. The van der Waals surface area contributed by atoms with Gasteiger partial charge in [-0.1, -0.05) is 0 Å². The van der Waals surface area contributed by atoms with Gasteiger partial charge in [0.15, 0.2) is 0 Å². The molecule has 0 aromatic carbocycles. The van der Waals surface area contributed by atoms with Crippen LogP contribution in [0.2, 0.25) is 0 Å². The summed E-state index contributed by atoms with van der Waals surface area (Å²) in [6.45, 7) is 1.96. The van der Waals surface area contributed by atoms with E-state index in [0.717, 1.165) is 0 Å². The summed E-state index contributed by atoms with van der Waals surface area (Å²) in [5.74, 6) is -0.616. The standard InChI is InChI=1S/C12H15N5O3/c1-4-20-12(19)8-7-14-17(3)10(8)15-11(18)9-5-6-13-16(9)2/h5-7H,4H2,1-3H3,(H,15,18). The average Bonchev–Trinajstić information content (AvgIpc) is 2.97. The maximum absolute atomic E-state index is 12.1. The molecule has 8 heteroatoms. The second kappa shape index (κ2) is 5.55. The van der Waals surface area contributed by atoms with E-state index in [-0.39, 0.29) is 23.9 Å². The number of amides is 1. The minimum absolute atomic E-state index is 0.213. The fraction of sp³-hybridized carbons (Fsp3) is 0.333. The number of ether oxygens (including phenoxy) is 1. The fourth-order valence-corrected chi connectivity index (χ4v) is 1.71. The average molecular weight is 277 g/mol. The number of aryl methyl sites for hydroxylation is 2. The minimum Gasteiger partial charge on any atom is -0.462 e. The van der Waals surface area contributed by atoms with E-state index >= 15 is 0 Å². The third-order valence-electron chi connectivity index (χ3n) is 2.72. The van der Waals surface area contributed by atoms with Crippen molar-refractivity contribution >= 4 is 17.7 Å². The monoisotopic (exact) mass is 277 g/mol. The lowest BCUT2D eigenvalue weighted by atomic mass is 10.3. The molecule has 0 aliphatic heterocycles. The van der Waals surface area contributed by atoms with Gasteiger partial charge in [-0.3, -0.25) is 14.2 Å². The van der Waals surface area contributed by atoms with Crippen molar-refractivity contribution < 1.29 is 14.3 Å². The Morgan fingerprint density at radius 1 is 1.30 bits per heavy atom. The highest BCUT2D eigenvalue weighted by atomic mass is 16.5. The van der Waals surface area contributed by atoms with Gasteiger partial charge in [0.1, 0.15) is 17.1 Å². The Labute approximate surface area is 115 Å². The van der Waals surface area contributed by atoms with Crippen LogP contribution >= 0.6 is 0 Å². The molecular formula is C12H15N5O3. The first-order chi connectivity index (χ1) is 9.54. The molecule has 0 unspecified atom stereocenters. The lowest BCUT2D eigenvalue weighted by Crippen LogP contribution is -2.20. The summed E-state index contributed by atoms with van der Waals surface area (Å²) in [6.07, 6.45) is 2.88. The second-order valence-corrected chi connectivity index (χ2v) is 4.05. The Hall–Kier alpha value is -2.64. The van der Waals surface area contributed by atoms with Crippen LogP contribution in [0.4, 0.5) is 5.82 Å². The van der Waals surface area contributed by atoms with Crippen molar-refractivity contribution in [2.75, 3.05) is 11.9 Å². The number of anilines is 1. The Morgan fingerprint density at radius 2 is 2.05 bits per heavy atom. The van der Waals surface area contributed by atoms with Crippen LogP contribution in [0.15, 0.2) is 18.5 Å². The Balaban J connectivity index is 2.25. The normalized spacial score (nSPS) is 10.3. The maximum Gasteiger partial charge on any atom is 0.343 e. The van der Waals surface area contributed by atoms with E-state index in [0.29, 0.717) is 5.69 Å². The number of esters is 1. The molecule has 0 aliphatic carbocycles. The number of nitrogens with one attached hydrogen (secondary N) is 1. The van der Waals surface area contributed by atoms with E-state index in [2.05, 4.69) is 15.5 Å². The van der Waals surface area contributed by atoms with Gasteiger partial charge in [0, 0.05) is 20.3 Å². The van der Waals surface area contributed by atoms with Gasteiger partial charge in [0.25, 0.3) is 5.91 Å². The van der Waals surface area contributed by atoms with Gasteiger partial charge in [-0.25, -0.2) is 4.79 Å². The molecule has 8 nitrogen and oxygen atoms in total. The summed E-state index contributed by atoms with van der Waals surface area (Å²) in [7, 11) is 3.28. The molecule has 1 N–H and O–H groups in total. The largest absolute Gasteiger partial charge is 0.462 e. The van der Waals surface area contributed by atoms with Crippen LogP contribution < -0.4 is 5.32 Å². The molecule has 1 amide bonds. The van der Waals surface area contributed by atoms with Crippen LogP contribution in [0, 0.1) is 0 Å². The lowest BCUT2D eigenvalue weighted by molar-refractivity contribution is 0.0527. The third-order valence-corrected chi connectivity index (χ3v) is 2.72. The summed E-state index contributed by atoms with van der Waals surface area (Å²) in [5.41, 5.74) is 0.589. The molecule has 0 saturated heterocycles. The highest BCUT2D eigenvalue weighted by molar-refractivity contribution is 6.06. The van der Waals surface area contributed by atoms with Gasteiger partial charge in [0.2, 0.25) is 0 Å². The van der Waals surface area contributed by atoms with Crippen LogP contribution in [-0.2, 0) is 18.8 Å². The van der Waals surface area contributed by atoms with E-state index in [9.17, 15) is 9.59 Å². The predicted molar refractivity (Wildman–Crippen MR) is 70.3 cm³/mol. The van der Waals surface area contributed by atoms with Crippen molar-refractivity contribution in [3.05, 3.63) is 29.7 Å². The topological polar surface area (TPSA) is 91.0 Å². The van der Waals surface area contributed by atoms with Gasteiger partial charge < -0.3 is 10.1 Å². The zero-order chi connectivity index (χ0) is 14.7. The van der Waals surface area contributed by atoms with Gasteiger partial charge in [-0.15, -0.1) is 0 Å². The molecule has 20 heavy (non-hydrogen) atoms. The van der Waals surface area contributed by atoms with Crippen LogP contribution in [0.5, 0.6) is 0 Å². The van der Waals surface area contributed by atoms with Crippen LogP contribution in [0.1, 0.15) is 27.8 Å². The molecule has 0 fully saturated rings. The fourth-order valence-electron chi connectivity index (χ4n) is 1.71. The Kier molecular flexibility index (Phi) is 3.83. The SMILES string of the molecule is CCOC(=O)c1cnn(C)c1NC(=O)c1ccnn1C.